The molecular formula is C9H10O4. The van der Waals surface area contributed by atoms with Crippen LogP contribution in [0.4, 0.5) is 0 Å². The monoisotopic (exact) mass is 185 g/mol. The van der Waals surface area contributed by atoms with Crippen molar-refractivity contribution in [2.75, 3.05) is 7.04 Å². The highest BCUT2D eigenvalue weighted by atomic mass is 16.5. The average Bonchev–Trinajstić information content (AvgIpc) is 1.96. The fourth-order valence-electron chi connectivity index (χ4n) is 1.02. The van der Waals surface area contributed by atoms with E-state index in [1.54, 1.807) is 0 Å². The van der Waals surface area contributed by atoms with Crippen LogP contribution < -0.4 is 4.74 Å². The van der Waals surface area contributed by atoms with Crippen molar-refractivity contribution in [2.24, 2.45) is 0 Å². The molecular weight excluding hydrogens is 172 g/mol. The maximum atomic E-state index is 11.2. The number of methoxy groups -OCH3 is 1. The summed E-state index contributed by atoms with van der Waals surface area (Å²) in [5.74, 6) is -1.84. The van der Waals surface area contributed by atoms with Crippen molar-refractivity contribution >= 4 is 5.78 Å². The van der Waals surface area contributed by atoms with E-state index in [0.29, 0.717) is 0 Å². The van der Waals surface area contributed by atoms with Crippen LogP contribution in [0.25, 0.3) is 0 Å². The number of hydrogen-bond donors (Lipinski definition) is 2. The van der Waals surface area contributed by atoms with Gasteiger partial charge < -0.3 is 14.9 Å². The summed E-state index contributed by atoms with van der Waals surface area (Å²) in [5.41, 5.74) is -0.270. The van der Waals surface area contributed by atoms with E-state index in [1.807, 2.05) is 0 Å². The van der Waals surface area contributed by atoms with E-state index < -0.39 is 18.6 Å². The van der Waals surface area contributed by atoms with Gasteiger partial charge in [-0.2, -0.15) is 0 Å². The van der Waals surface area contributed by atoms with E-state index in [9.17, 15) is 9.90 Å². The van der Waals surface area contributed by atoms with E-state index in [-0.39, 0.29) is 17.1 Å². The van der Waals surface area contributed by atoms with Gasteiger partial charge in [-0.1, -0.05) is 0 Å². The molecule has 0 saturated heterocycles. The smallest absolute Gasteiger partial charge is 0.167 e. The number of benzene rings is 1. The molecule has 0 aliphatic carbocycles. The lowest BCUT2D eigenvalue weighted by Gasteiger charge is -2.07. The summed E-state index contributed by atoms with van der Waals surface area (Å²) in [6.07, 6.45) is 0. The second-order valence-electron chi connectivity index (χ2n) is 2.50. The molecule has 0 saturated carbocycles. The van der Waals surface area contributed by atoms with Crippen molar-refractivity contribution in [1.82, 2.24) is 0 Å². The number of ketones is 1. The third kappa shape index (κ3) is 1.72. The molecule has 0 amide bonds. The summed E-state index contributed by atoms with van der Waals surface area (Å²) in [6.45, 7) is 1.15. The first-order valence-corrected chi connectivity index (χ1v) is 3.46. The zero-order valence-electron chi connectivity index (χ0n) is 9.87. The molecule has 0 fully saturated rings. The largest absolute Gasteiger partial charge is 0.508 e. The predicted octanol–water partition coefficient (Wildman–Crippen LogP) is 1.31. The van der Waals surface area contributed by atoms with Gasteiger partial charge >= 0.3 is 0 Å². The van der Waals surface area contributed by atoms with Gasteiger partial charge in [-0.3, -0.25) is 4.79 Å². The van der Waals surface area contributed by atoms with Gasteiger partial charge in [-0.25, -0.2) is 0 Å². The van der Waals surface area contributed by atoms with Crippen LogP contribution in [0.1, 0.15) is 21.4 Å². The number of hydrogen-bond acceptors (Lipinski definition) is 4. The molecule has 0 aliphatic heterocycles. The van der Waals surface area contributed by atoms with E-state index in [1.165, 1.54) is 0 Å². The molecule has 0 aliphatic rings. The van der Waals surface area contributed by atoms with Crippen molar-refractivity contribution in [3.63, 3.8) is 0 Å². The lowest BCUT2D eigenvalue weighted by Crippen LogP contribution is -1.97. The molecule has 0 aromatic heterocycles. The Labute approximate surface area is 79.6 Å². The summed E-state index contributed by atoms with van der Waals surface area (Å²) in [5, 5.41) is 18.6. The predicted molar refractivity (Wildman–Crippen MR) is 46.3 cm³/mol. The Morgan fingerprint density at radius 3 is 2.77 bits per heavy atom. The molecule has 13 heavy (non-hydrogen) atoms. The van der Waals surface area contributed by atoms with Crippen molar-refractivity contribution in [3.05, 3.63) is 17.7 Å². The molecule has 0 bridgehead atoms. The summed E-state index contributed by atoms with van der Waals surface area (Å²) < 4.78 is 25.2. The fraction of sp³-hybridized carbons (Fsp3) is 0.222. The Kier molecular flexibility index (Phi) is 1.51. The van der Waals surface area contributed by atoms with Gasteiger partial charge in [-0.05, 0) is 6.92 Å². The number of phenolic OH excluding ortho intramolecular Hbond substituents is 2. The van der Waals surface area contributed by atoms with Crippen LogP contribution in [0.2, 0.25) is 0 Å². The number of Topliss-reactive ketones (excluding diaryl/α,β-unsaturated/α-hetero) is 1. The number of rotatable bonds is 2. The Balaban J connectivity index is 3.30. The minimum Gasteiger partial charge on any atom is -0.508 e. The van der Waals surface area contributed by atoms with Crippen LogP contribution >= 0.6 is 0 Å². The molecule has 2 N–H and O–H groups in total. The van der Waals surface area contributed by atoms with Gasteiger partial charge in [0.1, 0.15) is 22.8 Å². The summed E-state index contributed by atoms with van der Waals surface area (Å²) >= 11 is 0. The van der Waals surface area contributed by atoms with E-state index in [0.717, 1.165) is 19.1 Å². The Bertz CT molecular complexity index is 425. The highest BCUT2D eigenvalue weighted by molar-refractivity contribution is 5.99. The average molecular weight is 185 g/mol. The lowest BCUT2D eigenvalue weighted by atomic mass is 10.1. The molecule has 0 spiro atoms. The van der Waals surface area contributed by atoms with Gasteiger partial charge in [0.25, 0.3) is 0 Å². The number of ether oxygens (including phenoxy) is 1. The van der Waals surface area contributed by atoms with Crippen molar-refractivity contribution in [1.29, 1.82) is 0 Å². The lowest BCUT2D eigenvalue weighted by molar-refractivity contribution is 0.101. The zero-order valence-corrected chi connectivity index (χ0v) is 6.87. The highest BCUT2D eigenvalue weighted by Crippen LogP contribution is 2.32. The van der Waals surface area contributed by atoms with E-state index in [2.05, 4.69) is 4.74 Å². The molecule has 70 valence electrons. The van der Waals surface area contributed by atoms with Crippen LogP contribution in [0.5, 0.6) is 17.2 Å². The summed E-state index contributed by atoms with van der Waals surface area (Å²) in [6, 6.07) is 1.89. The van der Waals surface area contributed by atoms with Gasteiger partial charge in [0.15, 0.2) is 5.78 Å². The number of phenols is 2. The standard InChI is InChI=1S/C9H10O4/c1-5(10)9-7(12)3-6(11)4-8(9)13-2/h3-4,11-12H,1-2H3/i2D3. The Morgan fingerprint density at radius 2 is 2.23 bits per heavy atom. The minimum atomic E-state index is -2.76. The summed E-state index contributed by atoms with van der Waals surface area (Å²) in [4.78, 5) is 11.2. The molecule has 0 radical (unpaired) electrons. The first-order valence-electron chi connectivity index (χ1n) is 4.96. The molecule has 4 heteroatoms. The van der Waals surface area contributed by atoms with Gasteiger partial charge in [0.05, 0.1) is 11.2 Å². The molecule has 0 unspecified atom stereocenters. The van der Waals surface area contributed by atoms with Crippen molar-refractivity contribution in [3.8, 4) is 17.2 Å². The second kappa shape index (κ2) is 3.35. The second-order valence-corrected chi connectivity index (χ2v) is 2.50. The van der Waals surface area contributed by atoms with Gasteiger partial charge in [0.2, 0.25) is 0 Å². The number of carbonyl (C=O) groups excluding carboxylic acids is 1. The quantitative estimate of drug-likeness (QED) is 0.682. The van der Waals surface area contributed by atoms with Crippen LogP contribution in [-0.2, 0) is 0 Å². The molecule has 1 rings (SSSR count). The van der Waals surface area contributed by atoms with Crippen molar-refractivity contribution < 1.29 is 23.9 Å². The third-order valence-electron chi connectivity index (χ3n) is 1.53. The molecule has 1 aromatic carbocycles. The van der Waals surface area contributed by atoms with Crippen LogP contribution in [0.15, 0.2) is 12.1 Å². The topological polar surface area (TPSA) is 66.8 Å². The highest BCUT2D eigenvalue weighted by Gasteiger charge is 2.14. The maximum Gasteiger partial charge on any atom is 0.167 e. The normalized spacial score (nSPS) is 14.1. The van der Waals surface area contributed by atoms with Crippen LogP contribution in [-0.4, -0.2) is 23.0 Å². The SMILES string of the molecule is [2H]C([2H])([2H])Oc1cc(O)cc(O)c1C(C)=O. The molecule has 0 heterocycles. The molecule has 0 atom stereocenters. The fourth-order valence-corrected chi connectivity index (χ4v) is 1.02. The maximum absolute atomic E-state index is 11.2. The van der Waals surface area contributed by atoms with Gasteiger partial charge in [0, 0.05) is 12.1 Å². The number of carbonyl (C=O) groups is 1. The van der Waals surface area contributed by atoms with Crippen LogP contribution in [0.3, 0.4) is 0 Å². The van der Waals surface area contributed by atoms with Gasteiger partial charge in [-0.15, -0.1) is 0 Å². The first kappa shape index (κ1) is 5.85. The number of aromatic hydroxyl groups is 2. The summed E-state index contributed by atoms with van der Waals surface area (Å²) in [7, 11) is -2.76. The Morgan fingerprint density at radius 1 is 1.54 bits per heavy atom. The van der Waals surface area contributed by atoms with Crippen LogP contribution in [0, 0.1) is 0 Å². The first-order chi connectivity index (χ1) is 7.20. The Hall–Kier alpha value is -1.71. The van der Waals surface area contributed by atoms with E-state index >= 15 is 0 Å². The molecule has 1 aromatic rings. The zero-order chi connectivity index (χ0) is 12.5. The van der Waals surface area contributed by atoms with Crippen molar-refractivity contribution in [2.45, 2.75) is 6.92 Å². The minimum absolute atomic E-state index is 0.270. The molecule has 4 nitrogen and oxygen atoms in total. The third-order valence-corrected chi connectivity index (χ3v) is 1.53. The van der Waals surface area contributed by atoms with E-state index in [4.69, 9.17) is 9.22 Å².